The van der Waals surface area contributed by atoms with Gasteiger partial charge in [-0.25, -0.2) is 13.1 Å². The average molecular weight is 283 g/mol. The van der Waals surface area contributed by atoms with E-state index in [2.05, 4.69) is 4.72 Å². The molecule has 0 aliphatic carbocycles. The molecule has 6 nitrogen and oxygen atoms in total. The van der Waals surface area contributed by atoms with Gasteiger partial charge in [-0.1, -0.05) is 0 Å². The first-order chi connectivity index (χ1) is 8.86. The molecule has 0 aliphatic heterocycles. The lowest BCUT2D eigenvalue weighted by molar-refractivity contribution is 0.182. The van der Waals surface area contributed by atoms with Crippen LogP contribution in [0.1, 0.15) is 25.3 Å². The summed E-state index contributed by atoms with van der Waals surface area (Å²) in [5.74, 6) is 0. The van der Waals surface area contributed by atoms with E-state index in [1.54, 1.807) is 6.92 Å². The molecule has 1 unspecified atom stereocenters. The fourth-order valence-corrected chi connectivity index (χ4v) is 2.73. The predicted molar refractivity (Wildman–Crippen MR) is 71.7 cm³/mol. The van der Waals surface area contributed by atoms with Crippen LogP contribution in [0.3, 0.4) is 0 Å². The Hall–Kier alpha value is -1.62. The van der Waals surface area contributed by atoms with Crippen LogP contribution < -0.4 is 10.5 Å². The molecule has 1 aromatic rings. The number of hydrogen-bond donors (Lipinski definition) is 3. The zero-order valence-electron chi connectivity index (χ0n) is 10.6. The van der Waals surface area contributed by atoms with Gasteiger partial charge in [0, 0.05) is 6.54 Å². The Morgan fingerprint density at radius 1 is 1.53 bits per heavy atom. The summed E-state index contributed by atoms with van der Waals surface area (Å²) < 4.78 is 26.3. The number of nitrogens with two attached hydrogens (primary N) is 1. The van der Waals surface area contributed by atoms with Gasteiger partial charge in [-0.2, -0.15) is 5.26 Å². The van der Waals surface area contributed by atoms with E-state index < -0.39 is 16.1 Å². The SMILES string of the molecule is CC(O)CCCNS(=O)(=O)c1ccc(C#N)cc1N. The van der Waals surface area contributed by atoms with Crippen molar-refractivity contribution in [1.29, 1.82) is 5.26 Å². The molecule has 0 spiro atoms. The van der Waals surface area contributed by atoms with Crippen LogP contribution in [0.2, 0.25) is 0 Å². The summed E-state index contributed by atoms with van der Waals surface area (Å²) in [6, 6.07) is 5.93. The Morgan fingerprint density at radius 3 is 2.74 bits per heavy atom. The van der Waals surface area contributed by atoms with Crippen molar-refractivity contribution in [1.82, 2.24) is 4.72 Å². The summed E-state index contributed by atoms with van der Waals surface area (Å²) in [5, 5.41) is 17.8. The molecule has 1 aromatic carbocycles. The zero-order chi connectivity index (χ0) is 14.5. The van der Waals surface area contributed by atoms with Crippen molar-refractivity contribution in [3.8, 4) is 6.07 Å². The van der Waals surface area contributed by atoms with Gasteiger partial charge in [0.1, 0.15) is 4.90 Å². The minimum atomic E-state index is -3.68. The lowest BCUT2D eigenvalue weighted by Crippen LogP contribution is -2.26. The van der Waals surface area contributed by atoms with E-state index in [0.29, 0.717) is 18.4 Å². The van der Waals surface area contributed by atoms with Crippen molar-refractivity contribution in [2.24, 2.45) is 0 Å². The summed E-state index contributed by atoms with van der Waals surface area (Å²) in [4.78, 5) is -0.0384. The Balaban J connectivity index is 2.75. The Labute approximate surface area is 112 Å². The summed E-state index contributed by atoms with van der Waals surface area (Å²) in [6.07, 6.45) is 0.600. The second-order valence-corrected chi connectivity index (χ2v) is 5.99. The summed E-state index contributed by atoms with van der Waals surface area (Å²) in [6.45, 7) is 1.87. The molecule has 0 amide bonds. The van der Waals surface area contributed by atoms with E-state index >= 15 is 0 Å². The molecule has 0 heterocycles. The largest absolute Gasteiger partial charge is 0.398 e. The number of nitrogen functional groups attached to an aromatic ring is 1. The Kier molecular flexibility index (Phi) is 5.30. The van der Waals surface area contributed by atoms with Gasteiger partial charge in [0.2, 0.25) is 10.0 Å². The van der Waals surface area contributed by atoms with Crippen LogP contribution >= 0.6 is 0 Å². The van der Waals surface area contributed by atoms with E-state index in [4.69, 9.17) is 16.1 Å². The van der Waals surface area contributed by atoms with E-state index in [9.17, 15) is 8.42 Å². The number of nitrogens with zero attached hydrogens (tertiary/aromatic N) is 1. The van der Waals surface area contributed by atoms with Crippen molar-refractivity contribution in [3.05, 3.63) is 23.8 Å². The van der Waals surface area contributed by atoms with Gasteiger partial charge < -0.3 is 10.8 Å². The molecular formula is C12H17N3O3S. The Bertz CT molecular complexity index is 576. The van der Waals surface area contributed by atoms with E-state index in [-0.39, 0.29) is 17.1 Å². The number of rotatable bonds is 6. The zero-order valence-corrected chi connectivity index (χ0v) is 11.4. The standard InChI is InChI=1S/C12H17N3O3S/c1-9(16)3-2-6-15-19(17,18)12-5-4-10(8-13)7-11(12)14/h4-5,7,9,15-16H,2-3,6,14H2,1H3. The second-order valence-electron chi connectivity index (χ2n) is 4.25. The highest BCUT2D eigenvalue weighted by molar-refractivity contribution is 7.89. The normalized spacial score (nSPS) is 12.9. The minimum Gasteiger partial charge on any atom is -0.398 e. The number of hydrogen-bond acceptors (Lipinski definition) is 5. The highest BCUT2D eigenvalue weighted by Gasteiger charge is 2.17. The quantitative estimate of drug-likeness (QED) is 0.521. The van der Waals surface area contributed by atoms with E-state index in [0.717, 1.165) is 0 Å². The maximum atomic E-state index is 12.0. The summed E-state index contributed by atoms with van der Waals surface area (Å²) in [7, 11) is -3.68. The topological polar surface area (TPSA) is 116 Å². The van der Waals surface area contributed by atoms with Gasteiger partial charge in [-0.05, 0) is 38.0 Å². The lowest BCUT2D eigenvalue weighted by Gasteiger charge is -2.09. The van der Waals surface area contributed by atoms with E-state index in [1.807, 2.05) is 6.07 Å². The molecule has 1 atom stereocenters. The van der Waals surface area contributed by atoms with Crippen molar-refractivity contribution >= 4 is 15.7 Å². The molecule has 0 aliphatic rings. The molecule has 0 bridgehead atoms. The number of aliphatic hydroxyl groups is 1. The van der Waals surface area contributed by atoms with E-state index in [1.165, 1.54) is 18.2 Å². The van der Waals surface area contributed by atoms with Gasteiger partial charge in [0.05, 0.1) is 23.4 Å². The Morgan fingerprint density at radius 2 is 2.21 bits per heavy atom. The first-order valence-corrected chi connectivity index (χ1v) is 7.32. The van der Waals surface area contributed by atoms with Crippen LogP contribution in [-0.4, -0.2) is 26.2 Å². The average Bonchev–Trinajstić information content (AvgIpc) is 2.34. The number of sulfonamides is 1. The maximum absolute atomic E-state index is 12.0. The van der Waals surface area contributed by atoms with Crippen LogP contribution in [0.25, 0.3) is 0 Å². The molecule has 4 N–H and O–H groups in total. The highest BCUT2D eigenvalue weighted by atomic mass is 32.2. The van der Waals surface area contributed by atoms with Crippen molar-refractivity contribution in [3.63, 3.8) is 0 Å². The van der Waals surface area contributed by atoms with Gasteiger partial charge in [-0.15, -0.1) is 0 Å². The van der Waals surface area contributed by atoms with Crippen LogP contribution in [0.4, 0.5) is 5.69 Å². The highest BCUT2D eigenvalue weighted by Crippen LogP contribution is 2.19. The van der Waals surface area contributed by atoms with Crippen molar-refractivity contribution in [2.75, 3.05) is 12.3 Å². The van der Waals surface area contributed by atoms with Gasteiger partial charge in [0.15, 0.2) is 0 Å². The molecule has 19 heavy (non-hydrogen) atoms. The van der Waals surface area contributed by atoms with Crippen LogP contribution in [0.15, 0.2) is 23.1 Å². The molecular weight excluding hydrogens is 266 g/mol. The third kappa shape index (κ3) is 4.52. The third-order valence-electron chi connectivity index (χ3n) is 2.52. The van der Waals surface area contributed by atoms with Crippen LogP contribution in [0, 0.1) is 11.3 Å². The minimum absolute atomic E-state index is 0.0384. The number of nitriles is 1. The monoisotopic (exact) mass is 283 g/mol. The fraction of sp³-hybridized carbons (Fsp3) is 0.417. The number of anilines is 1. The van der Waals surface area contributed by atoms with Gasteiger partial charge in [-0.3, -0.25) is 0 Å². The molecule has 0 saturated heterocycles. The summed E-state index contributed by atoms with van der Waals surface area (Å²) in [5.41, 5.74) is 5.98. The second kappa shape index (κ2) is 6.52. The van der Waals surface area contributed by atoms with Gasteiger partial charge in [0.25, 0.3) is 0 Å². The van der Waals surface area contributed by atoms with Crippen LogP contribution in [-0.2, 0) is 10.0 Å². The van der Waals surface area contributed by atoms with Crippen molar-refractivity contribution in [2.45, 2.75) is 30.8 Å². The van der Waals surface area contributed by atoms with Gasteiger partial charge >= 0.3 is 0 Å². The molecule has 104 valence electrons. The molecule has 0 fully saturated rings. The first kappa shape index (κ1) is 15.4. The molecule has 0 radical (unpaired) electrons. The number of benzene rings is 1. The number of nitrogens with one attached hydrogen (secondary N) is 1. The molecule has 1 rings (SSSR count). The van der Waals surface area contributed by atoms with Crippen LogP contribution in [0.5, 0.6) is 0 Å². The molecule has 0 saturated carbocycles. The smallest absolute Gasteiger partial charge is 0.242 e. The number of aliphatic hydroxyl groups excluding tert-OH is 1. The summed E-state index contributed by atoms with van der Waals surface area (Å²) >= 11 is 0. The predicted octanol–water partition coefficient (Wildman–Crippen LogP) is 0.580. The maximum Gasteiger partial charge on any atom is 0.242 e. The first-order valence-electron chi connectivity index (χ1n) is 5.84. The third-order valence-corrected chi connectivity index (χ3v) is 4.05. The molecule has 7 heteroatoms. The fourth-order valence-electron chi connectivity index (χ4n) is 1.54. The lowest BCUT2D eigenvalue weighted by atomic mass is 10.2. The van der Waals surface area contributed by atoms with Crippen molar-refractivity contribution < 1.29 is 13.5 Å². The molecule has 0 aromatic heterocycles.